The molecule has 0 saturated carbocycles. The molecule has 0 radical (unpaired) electrons. The molecule has 0 aromatic heterocycles. The van der Waals surface area contributed by atoms with E-state index in [0.717, 1.165) is 6.92 Å². The summed E-state index contributed by atoms with van der Waals surface area (Å²) in [6.07, 6.45) is -1.42. The second kappa shape index (κ2) is 3.45. The van der Waals surface area contributed by atoms with Crippen LogP contribution < -0.4 is 0 Å². The van der Waals surface area contributed by atoms with Crippen molar-refractivity contribution >= 4 is 8.25 Å². The molecule has 0 heterocycles. The van der Waals surface area contributed by atoms with E-state index in [0.29, 0.717) is 0 Å². The molecule has 0 aromatic rings. The van der Waals surface area contributed by atoms with Gasteiger partial charge in [0.2, 0.25) is 0 Å². The fourth-order valence-electron chi connectivity index (χ4n) is 0.169. The minimum atomic E-state index is -2.86. The van der Waals surface area contributed by atoms with Gasteiger partial charge >= 0.3 is 14.5 Å². The van der Waals surface area contributed by atoms with E-state index in [9.17, 15) is 14.7 Å². The highest BCUT2D eigenvalue weighted by atomic mass is 31.1. The van der Waals surface area contributed by atoms with Gasteiger partial charge in [-0.2, -0.15) is 0 Å². The zero-order valence-corrected chi connectivity index (χ0v) is 5.45. The van der Waals surface area contributed by atoms with Gasteiger partial charge in [0.1, 0.15) is 0 Å². The Bertz CT molecular complexity index is 135. The summed E-state index contributed by atoms with van der Waals surface area (Å²) >= 11 is 0. The molecule has 1 N–H and O–H groups in total. The van der Waals surface area contributed by atoms with Crippen LogP contribution in [0, 0.1) is 10.1 Å². The first-order chi connectivity index (χ1) is 4.04. The third-order valence-corrected chi connectivity index (χ3v) is 1.03. The predicted octanol–water partition coefficient (Wildman–Crippen LogP) is 0.275. The average molecular weight is 154 g/mol. The number of nitrogens with zero attached hydrogens (tertiary/aromatic N) is 1. The van der Waals surface area contributed by atoms with Crippen molar-refractivity contribution in [1.29, 1.82) is 0 Å². The number of nitro groups is 1. The first kappa shape index (κ1) is 8.42. The fourth-order valence-corrected chi connectivity index (χ4v) is 0.507. The van der Waals surface area contributed by atoms with Gasteiger partial charge in [-0.1, -0.05) is 0 Å². The summed E-state index contributed by atoms with van der Waals surface area (Å²) in [5.74, 6) is 0. The molecule has 0 saturated heterocycles. The van der Waals surface area contributed by atoms with Gasteiger partial charge in [0.25, 0.3) is 0 Å². The highest BCUT2D eigenvalue weighted by Crippen LogP contribution is 2.17. The Labute approximate surface area is 51.5 Å². The van der Waals surface area contributed by atoms with Crippen molar-refractivity contribution in [3.8, 4) is 0 Å². The maximum atomic E-state index is 9.74. The summed E-state index contributed by atoms with van der Waals surface area (Å²) < 4.78 is 13.6. The van der Waals surface area contributed by atoms with Crippen LogP contribution in [0.5, 0.6) is 0 Å². The van der Waals surface area contributed by atoms with Crippen LogP contribution in [0.15, 0.2) is 0 Å². The molecule has 0 spiro atoms. The Hall–Kier alpha value is -0.580. The maximum absolute atomic E-state index is 9.74. The molecule has 0 aromatic carbocycles. The van der Waals surface area contributed by atoms with Crippen molar-refractivity contribution in [2.24, 2.45) is 0 Å². The molecule has 0 aliphatic carbocycles. The molecule has 0 aliphatic heterocycles. The van der Waals surface area contributed by atoms with E-state index in [2.05, 4.69) is 4.52 Å². The minimum Gasteiger partial charge on any atom is -0.262 e. The third-order valence-electron chi connectivity index (χ3n) is 0.540. The van der Waals surface area contributed by atoms with Crippen molar-refractivity contribution < 1.29 is 18.9 Å². The summed E-state index contributed by atoms with van der Waals surface area (Å²) in [7, 11) is -2.86. The van der Waals surface area contributed by atoms with Crippen molar-refractivity contribution in [2.45, 2.75) is 13.2 Å². The zero-order valence-electron chi connectivity index (χ0n) is 4.55. The molecule has 0 bridgehead atoms. The van der Waals surface area contributed by atoms with E-state index in [1.54, 1.807) is 0 Å². The molecule has 2 atom stereocenters. The number of hydrogen-bond acceptors (Lipinski definition) is 4. The zero-order chi connectivity index (χ0) is 7.44. The SMILES string of the molecule is CC(O[P+](=O)O)[N+](=O)[O-]. The lowest BCUT2D eigenvalue weighted by molar-refractivity contribution is -0.558. The number of hydrogen-bond donors (Lipinski definition) is 1. The largest absolute Gasteiger partial charge is 0.701 e. The highest BCUT2D eigenvalue weighted by molar-refractivity contribution is 7.32. The van der Waals surface area contributed by atoms with Gasteiger partial charge < -0.3 is 0 Å². The molecule has 9 heavy (non-hydrogen) atoms. The van der Waals surface area contributed by atoms with Gasteiger partial charge in [-0.05, 0) is 4.52 Å². The second-order valence-electron chi connectivity index (χ2n) is 1.23. The predicted molar refractivity (Wildman–Crippen MR) is 27.4 cm³/mol. The fraction of sp³-hybridized carbons (Fsp3) is 1.00. The van der Waals surface area contributed by atoms with Crippen LogP contribution in [0.25, 0.3) is 0 Å². The summed E-state index contributed by atoms with van der Waals surface area (Å²) in [4.78, 5) is 16.8. The van der Waals surface area contributed by atoms with Crippen LogP contribution in [-0.2, 0) is 9.09 Å². The van der Waals surface area contributed by atoms with Crippen LogP contribution in [0.4, 0.5) is 0 Å². The van der Waals surface area contributed by atoms with Crippen LogP contribution in [-0.4, -0.2) is 16.0 Å². The molecule has 6 nitrogen and oxygen atoms in total. The molecule has 7 heteroatoms. The van der Waals surface area contributed by atoms with E-state index in [1.165, 1.54) is 0 Å². The van der Waals surface area contributed by atoms with Gasteiger partial charge in [0.05, 0.1) is 4.92 Å². The second-order valence-corrected chi connectivity index (χ2v) is 1.91. The van der Waals surface area contributed by atoms with Gasteiger partial charge in [-0.25, -0.2) is 0 Å². The van der Waals surface area contributed by atoms with Crippen molar-refractivity contribution in [3.05, 3.63) is 10.1 Å². The molecule has 0 amide bonds. The van der Waals surface area contributed by atoms with Gasteiger partial charge in [-0.15, -0.1) is 4.89 Å². The summed E-state index contributed by atoms with van der Waals surface area (Å²) in [5, 5.41) is 9.68. The Balaban J connectivity index is 3.63. The van der Waals surface area contributed by atoms with Crippen LogP contribution in [0.3, 0.4) is 0 Å². The first-order valence-electron chi connectivity index (χ1n) is 2.00. The molecule has 52 valence electrons. The van der Waals surface area contributed by atoms with Crippen LogP contribution >= 0.6 is 8.25 Å². The summed E-state index contributed by atoms with van der Waals surface area (Å²) in [6, 6.07) is 0. The Morgan fingerprint density at radius 2 is 2.33 bits per heavy atom. The van der Waals surface area contributed by atoms with E-state index >= 15 is 0 Å². The molecule has 0 aliphatic rings. The van der Waals surface area contributed by atoms with Crippen LogP contribution in [0.2, 0.25) is 0 Å². The minimum absolute atomic E-state index is 0.802. The third kappa shape index (κ3) is 3.96. The van der Waals surface area contributed by atoms with Gasteiger partial charge in [0, 0.05) is 11.5 Å². The maximum Gasteiger partial charge on any atom is 0.701 e. The lowest BCUT2D eigenvalue weighted by Crippen LogP contribution is -2.15. The normalized spacial score (nSPS) is 14.7. The van der Waals surface area contributed by atoms with E-state index in [1.807, 2.05) is 0 Å². The van der Waals surface area contributed by atoms with Gasteiger partial charge in [0.15, 0.2) is 0 Å². The van der Waals surface area contributed by atoms with Crippen molar-refractivity contribution in [1.82, 2.24) is 0 Å². The highest BCUT2D eigenvalue weighted by Gasteiger charge is 2.26. The summed E-state index contributed by atoms with van der Waals surface area (Å²) in [6.45, 7) is 1.07. The van der Waals surface area contributed by atoms with Crippen molar-refractivity contribution in [2.75, 3.05) is 0 Å². The first-order valence-corrected chi connectivity index (χ1v) is 3.13. The molecular formula is C2H5NO5P+. The van der Waals surface area contributed by atoms with Crippen molar-refractivity contribution in [3.63, 3.8) is 0 Å². The Morgan fingerprint density at radius 3 is 2.44 bits per heavy atom. The smallest absolute Gasteiger partial charge is 0.262 e. The van der Waals surface area contributed by atoms with E-state index in [4.69, 9.17) is 4.89 Å². The van der Waals surface area contributed by atoms with Gasteiger partial charge in [-0.3, -0.25) is 10.1 Å². The van der Waals surface area contributed by atoms with Crippen LogP contribution in [0.1, 0.15) is 6.92 Å². The Kier molecular flexibility index (Phi) is 3.22. The standard InChI is InChI=1S/C2H4NO5P/c1-2(3(4)5)8-9(6)7/h2H,1H3/p+1. The average Bonchev–Trinajstić information content (AvgIpc) is 1.63. The topological polar surface area (TPSA) is 89.7 Å². The van der Waals surface area contributed by atoms with E-state index < -0.39 is 19.4 Å². The molecule has 0 fully saturated rings. The molecule has 2 unspecified atom stereocenters. The number of rotatable bonds is 3. The summed E-state index contributed by atoms with van der Waals surface area (Å²) in [5.41, 5.74) is 0. The lowest BCUT2D eigenvalue weighted by atomic mass is 10.7. The molecule has 0 rings (SSSR count). The molecular weight excluding hydrogens is 149 g/mol. The quantitative estimate of drug-likeness (QED) is 0.273. The van der Waals surface area contributed by atoms with E-state index in [-0.39, 0.29) is 0 Å². The Morgan fingerprint density at radius 1 is 1.89 bits per heavy atom. The lowest BCUT2D eigenvalue weighted by Gasteiger charge is -1.90. The monoisotopic (exact) mass is 154 g/mol.